The van der Waals surface area contributed by atoms with Gasteiger partial charge in [0.2, 0.25) is 0 Å². The first kappa shape index (κ1) is 13.2. The summed E-state index contributed by atoms with van der Waals surface area (Å²) in [6.45, 7) is 1.23. The molecule has 1 rings (SSSR count). The summed E-state index contributed by atoms with van der Waals surface area (Å²) in [7, 11) is 4.30. The molecule has 1 aromatic carbocycles. The first-order chi connectivity index (χ1) is 7.79. The monoisotopic (exact) mass is 219 g/mol. The van der Waals surface area contributed by atoms with Crippen LogP contribution in [-0.4, -0.2) is 25.5 Å². The van der Waals surface area contributed by atoms with Crippen LogP contribution in [0.1, 0.15) is 37.7 Å². The normalized spacial score (nSPS) is 10.9. The van der Waals surface area contributed by atoms with Crippen molar-refractivity contribution in [2.75, 3.05) is 20.6 Å². The zero-order valence-corrected chi connectivity index (χ0v) is 10.8. The second kappa shape index (κ2) is 8.35. The first-order valence-electron chi connectivity index (χ1n) is 6.47. The Bertz CT molecular complexity index is 253. The molecule has 0 unspecified atom stereocenters. The fourth-order valence-corrected chi connectivity index (χ4v) is 1.93. The summed E-state index contributed by atoms with van der Waals surface area (Å²) in [5, 5.41) is 0. The Labute approximate surface area is 100 Å². The zero-order chi connectivity index (χ0) is 11.6. The third-order valence-corrected chi connectivity index (χ3v) is 2.91. The molecule has 0 aliphatic carbocycles. The molecule has 0 heterocycles. The Morgan fingerprint density at radius 3 is 2.12 bits per heavy atom. The van der Waals surface area contributed by atoms with Gasteiger partial charge in [0.25, 0.3) is 0 Å². The quantitative estimate of drug-likeness (QED) is 0.602. The Hall–Kier alpha value is -0.820. The van der Waals surface area contributed by atoms with Crippen LogP contribution in [0.4, 0.5) is 0 Å². The van der Waals surface area contributed by atoms with Crippen molar-refractivity contribution in [3.63, 3.8) is 0 Å². The van der Waals surface area contributed by atoms with Gasteiger partial charge in [-0.2, -0.15) is 0 Å². The van der Waals surface area contributed by atoms with E-state index < -0.39 is 0 Å². The van der Waals surface area contributed by atoms with Gasteiger partial charge in [0, 0.05) is 0 Å². The third-order valence-electron chi connectivity index (χ3n) is 2.91. The fraction of sp³-hybridized carbons (Fsp3) is 0.600. The van der Waals surface area contributed by atoms with E-state index >= 15 is 0 Å². The molecule has 1 heteroatoms. The molecule has 1 aromatic rings. The highest BCUT2D eigenvalue weighted by Gasteiger charge is 1.94. The van der Waals surface area contributed by atoms with Crippen molar-refractivity contribution in [1.29, 1.82) is 0 Å². The molecule has 16 heavy (non-hydrogen) atoms. The van der Waals surface area contributed by atoms with E-state index in [0.717, 1.165) is 0 Å². The molecule has 0 bridgehead atoms. The van der Waals surface area contributed by atoms with Crippen molar-refractivity contribution in [3.8, 4) is 0 Å². The minimum absolute atomic E-state index is 1.23. The van der Waals surface area contributed by atoms with Crippen LogP contribution in [0.5, 0.6) is 0 Å². The second-order valence-electron chi connectivity index (χ2n) is 4.81. The highest BCUT2D eigenvalue weighted by atomic mass is 15.0. The molecular formula is C15H25N. The lowest BCUT2D eigenvalue weighted by Gasteiger charge is -2.08. The fourth-order valence-electron chi connectivity index (χ4n) is 1.93. The van der Waals surface area contributed by atoms with Gasteiger partial charge in [0.05, 0.1) is 0 Å². The van der Waals surface area contributed by atoms with Crippen LogP contribution >= 0.6 is 0 Å². The van der Waals surface area contributed by atoms with E-state index in [2.05, 4.69) is 49.3 Å². The largest absolute Gasteiger partial charge is 0.309 e. The van der Waals surface area contributed by atoms with Crippen molar-refractivity contribution < 1.29 is 0 Å². The van der Waals surface area contributed by atoms with E-state index in [1.807, 2.05) is 0 Å². The van der Waals surface area contributed by atoms with E-state index in [4.69, 9.17) is 0 Å². The average Bonchev–Trinajstić information content (AvgIpc) is 2.29. The maximum Gasteiger partial charge on any atom is -0.00248 e. The summed E-state index contributed by atoms with van der Waals surface area (Å²) >= 11 is 0. The molecule has 0 aliphatic heterocycles. The Kier molecular flexibility index (Phi) is 6.91. The van der Waals surface area contributed by atoms with Gasteiger partial charge in [-0.3, -0.25) is 0 Å². The third kappa shape index (κ3) is 6.62. The van der Waals surface area contributed by atoms with E-state index in [-0.39, 0.29) is 0 Å². The predicted octanol–water partition coefficient (Wildman–Crippen LogP) is 3.74. The smallest absolute Gasteiger partial charge is 0.00248 e. The van der Waals surface area contributed by atoms with Crippen LogP contribution in [0.25, 0.3) is 0 Å². The van der Waals surface area contributed by atoms with Gasteiger partial charge in [-0.15, -0.1) is 0 Å². The summed E-state index contributed by atoms with van der Waals surface area (Å²) in [6, 6.07) is 10.8. The van der Waals surface area contributed by atoms with Crippen LogP contribution in [0.15, 0.2) is 30.3 Å². The van der Waals surface area contributed by atoms with E-state index in [1.165, 1.54) is 50.6 Å². The molecule has 0 aliphatic rings. The zero-order valence-electron chi connectivity index (χ0n) is 10.8. The van der Waals surface area contributed by atoms with Crippen molar-refractivity contribution in [3.05, 3.63) is 35.9 Å². The lowest BCUT2D eigenvalue weighted by Crippen LogP contribution is -2.12. The molecule has 0 saturated carbocycles. The van der Waals surface area contributed by atoms with Crippen molar-refractivity contribution in [2.24, 2.45) is 0 Å². The second-order valence-corrected chi connectivity index (χ2v) is 4.81. The number of hydrogen-bond donors (Lipinski definition) is 0. The number of benzene rings is 1. The number of nitrogens with zero attached hydrogens (tertiary/aromatic N) is 1. The average molecular weight is 219 g/mol. The number of hydrogen-bond acceptors (Lipinski definition) is 1. The van der Waals surface area contributed by atoms with Gasteiger partial charge in [-0.05, 0) is 45.5 Å². The van der Waals surface area contributed by atoms with Crippen LogP contribution in [0.3, 0.4) is 0 Å². The first-order valence-corrected chi connectivity index (χ1v) is 6.47. The highest BCUT2D eigenvalue weighted by molar-refractivity contribution is 5.14. The summed E-state index contributed by atoms with van der Waals surface area (Å²) < 4.78 is 0. The topological polar surface area (TPSA) is 3.24 Å². The standard InChI is InChI=1S/C15H25N/c1-16(2)14-10-5-3-4-7-11-15-12-8-6-9-13-15/h6,8-9,12-13H,3-5,7,10-11,14H2,1-2H3. The van der Waals surface area contributed by atoms with Crippen LogP contribution < -0.4 is 0 Å². The molecule has 90 valence electrons. The molecule has 0 radical (unpaired) electrons. The SMILES string of the molecule is CN(C)CCCCCCCc1ccccc1. The van der Waals surface area contributed by atoms with Gasteiger partial charge in [0.1, 0.15) is 0 Å². The molecule has 0 spiro atoms. The lowest BCUT2D eigenvalue weighted by atomic mass is 10.1. The molecule has 0 N–H and O–H groups in total. The molecule has 0 aromatic heterocycles. The maximum atomic E-state index is 2.27. The van der Waals surface area contributed by atoms with E-state index in [1.54, 1.807) is 0 Å². The minimum atomic E-state index is 1.23. The Morgan fingerprint density at radius 1 is 0.812 bits per heavy atom. The summed E-state index contributed by atoms with van der Waals surface area (Å²) in [6.07, 6.45) is 8.08. The summed E-state index contributed by atoms with van der Waals surface area (Å²) in [5.74, 6) is 0. The number of unbranched alkanes of at least 4 members (excludes halogenated alkanes) is 4. The van der Waals surface area contributed by atoms with E-state index in [9.17, 15) is 0 Å². The van der Waals surface area contributed by atoms with Crippen molar-refractivity contribution >= 4 is 0 Å². The van der Waals surface area contributed by atoms with Gasteiger partial charge < -0.3 is 4.90 Å². The number of rotatable bonds is 8. The molecule has 0 fully saturated rings. The Morgan fingerprint density at radius 2 is 1.44 bits per heavy atom. The highest BCUT2D eigenvalue weighted by Crippen LogP contribution is 2.08. The van der Waals surface area contributed by atoms with Crippen molar-refractivity contribution in [2.45, 2.75) is 38.5 Å². The molecule has 0 atom stereocenters. The lowest BCUT2D eigenvalue weighted by molar-refractivity contribution is 0.389. The van der Waals surface area contributed by atoms with Gasteiger partial charge in [-0.1, -0.05) is 49.6 Å². The minimum Gasteiger partial charge on any atom is -0.309 e. The molecular weight excluding hydrogens is 194 g/mol. The van der Waals surface area contributed by atoms with Crippen molar-refractivity contribution in [1.82, 2.24) is 4.90 Å². The summed E-state index contributed by atoms with van der Waals surface area (Å²) in [4.78, 5) is 2.27. The van der Waals surface area contributed by atoms with Crippen LogP contribution in [0.2, 0.25) is 0 Å². The van der Waals surface area contributed by atoms with Gasteiger partial charge in [0.15, 0.2) is 0 Å². The molecule has 1 nitrogen and oxygen atoms in total. The molecule has 0 saturated heterocycles. The van der Waals surface area contributed by atoms with E-state index in [0.29, 0.717) is 0 Å². The Balaban J connectivity index is 1.93. The maximum absolute atomic E-state index is 2.27. The van der Waals surface area contributed by atoms with Crippen LogP contribution in [0, 0.1) is 0 Å². The van der Waals surface area contributed by atoms with Crippen LogP contribution in [-0.2, 0) is 6.42 Å². The van der Waals surface area contributed by atoms with Gasteiger partial charge >= 0.3 is 0 Å². The number of aryl methyl sites for hydroxylation is 1. The predicted molar refractivity (Wildman–Crippen MR) is 71.8 cm³/mol. The van der Waals surface area contributed by atoms with Gasteiger partial charge in [-0.25, -0.2) is 0 Å². The molecule has 0 amide bonds. The summed E-state index contributed by atoms with van der Waals surface area (Å²) in [5.41, 5.74) is 1.48.